The minimum absolute atomic E-state index is 0.108. The van der Waals surface area contributed by atoms with Crippen molar-refractivity contribution in [1.82, 2.24) is 25.1 Å². The highest BCUT2D eigenvalue weighted by molar-refractivity contribution is 5.94. The van der Waals surface area contributed by atoms with Gasteiger partial charge in [0.15, 0.2) is 0 Å². The zero-order chi connectivity index (χ0) is 19.1. The number of carbonyl (C=O) groups is 1. The molecular weight excluding hydrogens is 357 g/mol. The molecule has 0 bridgehead atoms. The molecule has 2 aromatic carbocycles. The standard InChI is InChI=1S/C21H18FN5O/c22-14-8-9-15-17(11-14)24-20(23-15)19-7-4-10-27(19)21(28)18-12-16(25-26-18)13-5-2-1-3-6-13/h1-3,5-6,8-9,11-12,19H,4,7,10H2,(H,23,24)(H,25,26). The number of nitrogens with one attached hydrogen (secondary N) is 2. The second-order valence-corrected chi connectivity index (χ2v) is 6.97. The van der Waals surface area contributed by atoms with Crippen molar-refractivity contribution in [2.24, 2.45) is 0 Å². The third-order valence-corrected chi connectivity index (χ3v) is 5.17. The van der Waals surface area contributed by atoms with Crippen LogP contribution in [0.4, 0.5) is 4.39 Å². The van der Waals surface area contributed by atoms with Gasteiger partial charge in [0.05, 0.1) is 22.8 Å². The van der Waals surface area contributed by atoms with Gasteiger partial charge in [-0.25, -0.2) is 9.37 Å². The average molecular weight is 375 g/mol. The first-order valence-corrected chi connectivity index (χ1v) is 9.26. The third-order valence-electron chi connectivity index (χ3n) is 5.17. The smallest absolute Gasteiger partial charge is 0.272 e. The van der Waals surface area contributed by atoms with Gasteiger partial charge in [-0.2, -0.15) is 5.10 Å². The molecule has 28 heavy (non-hydrogen) atoms. The van der Waals surface area contributed by atoms with Crippen LogP contribution >= 0.6 is 0 Å². The second kappa shape index (κ2) is 6.60. The predicted octanol–water partition coefficient (Wildman–Crippen LogP) is 4.07. The first kappa shape index (κ1) is 16.7. The Hall–Kier alpha value is -3.48. The number of hydrogen-bond acceptors (Lipinski definition) is 3. The Kier molecular flexibility index (Phi) is 3.93. The fourth-order valence-corrected chi connectivity index (χ4v) is 3.80. The minimum atomic E-state index is -0.312. The fourth-order valence-electron chi connectivity index (χ4n) is 3.80. The molecule has 4 aromatic rings. The maximum absolute atomic E-state index is 13.5. The zero-order valence-corrected chi connectivity index (χ0v) is 15.0. The molecule has 0 saturated carbocycles. The molecule has 1 amide bonds. The van der Waals surface area contributed by atoms with Gasteiger partial charge in [-0.15, -0.1) is 0 Å². The maximum atomic E-state index is 13.5. The van der Waals surface area contributed by atoms with Crippen LogP contribution in [0, 0.1) is 5.82 Å². The number of benzene rings is 2. The zero-order valence-electron chi connectivity index (χ0n) is 15.0. The van der Waals surface area contributed by atoms with Gasteiger partial charge in [-0.3, -0.25) is 9.89 Å². The molecule has 0 spiro atoms. The van der Waals surface area contributed by atoms with Crippen LogP contribution in [0.1, 0.15) is 35.2 Å². The quantitative estimate of drug-likeness (QED) is 0.567. The van der Waals surface area contributed by atoms with E-state index in [9.17, 15) is 9.18 Å². The average Bonchev–Trinajstić information content (AvgIpc) is 3.46. The molecule has 2 N–H and O–H groups in total. The van der Waals surface area contributed by atoms with Crippen molar-refractivity contribution in [3.63, 3.8) is 0 Å². The Morgan fingerprint density at radius 3 is 2.86 bits per heavy atom. The Labute approximate surface area is 160 Å². The summed E-state index contributed by atoms with van der Waals surface area (Å²) in [6.07, 6.45) is 1.70. The lowest BCUT2D eigenvalue weighted by Gasteiger charge is -2.22. The van der Waals surface area contributed by atoms with Crippen molar-refractivity contribution in [2.45, 2.75) is 18.9 Å². The van der Waals surface area contributed by atoms with Crippen molar-refractivity contribution in [1.29, 1.82) is 0 Å². The van der Waals surface area contributed by atoms with Crippen LogP contribution in [0.15, 0.2) is 54.6 Å². The molecule has 5 rings (SSSR count). The number of aromatic nitrogens is 4. The van der Waals surface area contributed by atoms with Crippen molar-refractivity contribution in [3.05, 3.63) is 71.9 Å². The molecule has 140 valence electrons. The van der Waals surface area contributed by atoms with Gasteiger partial charge < -0.3 is 9.88 Å². The number of H-pyrrole nitrogens is 2. The van der Waals surface area contributed by atoms with E-state index in [4.69, 9.17) is 0 Å². The first-order valence-electron chi connectivity index (χ1n) is 9.26. The van der Waals surface area contributed by atoms with E-state index in [1.807, 2.05) is 30.3 Å². The summed E-state index contributed by atoms with van der Waals surface area (Å²) in [5.74, 6) is 0.269. The highest BCUT2D eigenvalue weighted by Gasteiger charge is 2.33. The molecule has 7 heteroatoms. The van der Waals surface area contributed by atoms with Crippen molar-refractivity contribution in [3.8, 4) is 11.3 Å². The molecule has 6 nitrogen and oxygen atoms in total. The Bertz CT molecular complexity index is 1150. The van der Waals surface area contributed by atoms with Crippen LogP contribution in [0.25, 0.3) is 22.3 Å². The summed E-state index contributed by atoms with van der Waals surface area (Å²) in [5.41, 5.74) is 3.48. The lowest BCUT2D eigenvalue weighted by Crippen LogP contribution is -2.31. The van der Waals surface area contributed by atoms with Crippen LogP contribution in [-0.2, 0) is 0 Å². The van der Waals surface area contributed by atoms with Gasteiger partial charge in [0.1, 0.15) is 17.3 Å². The number of likely N-dealkylation sites (tertiary alicyclic amines) is 1. The van der Waals surface area contributed by atoms with Crippen molar-refractivity contribution < 1.29 is 9.18 Å². The number of rotatable bonds is 3. The van der Waals surface area contributed by atoms with Crippen LogP contribution < -0.4 is 0 Å². The van der Waals surface area contributed by atoms with E-state index in [2.05, 4.69) is 20.2 Å². The van der Waals surface area contributed by atoms with Crippen LogP contribution in [0.2, 0.25) is 0 Å². The van der Waals surface area contributed by atoms with Gasteiger partial charge in [-0.1, -0.05) is 30.3 Å². The van der Waals surface area contributed by atoms with Gasteiger partial charge in [0, 0.05) is 12.1 Å². The number of aromatic amines is 2. The SMILES string of the molecule is O=C(c1cc(-c2ccccc2)n[nH]1)N1CCCC1c1nc2ccc(F)cc2[nH]1. The number of fused-ring (bicyclic) bond motifs is 1. The predicted molar refractivity (Wildman–Crippen MR) is 103 cm³/mol. The largest absolute Gasteiger partial charge is 0.340 e. The molecule has 1 unspecified atom stereocenters. The lowest BCUT2D eigenvalue weighted by molar-refractivity contribution is 0.0724. The summed E-state index contributed by atoms with van der Waals surface area (Å²) in [5, 5.41) is 7.15. The van der Waals surface area contributed by atoms with Crippen LogP contribution in [-0.4, -0.2) is 37.5 Å². The summed E-state index contributed by atoms with van der Waals surface area (Å²) >= 11 is 0. The summed E-state index contributed by atoms with van der Waals surface area (Å²) in [4.78, 5) is 22.6. The molecule has 2 aromatic heterocycles. The number of nitrogens with zero attached hydrogens (tertiary/aromatic N) is 3. The third kappa shape index (κ3) is 2.85. The second-order valence-electron chi connectivity index (χ2n) is 6.97. The highest BCUT2D eigenvalue weighted by Crippen LogP contribution is 2.33. The van der Waals surface area contributed by atoms with Crippen molar-refractivity contribution in [2.75, 3.05) is 6.54 Å². The summed E-state index contributed by atoms with van der Waals surface area (Å²) in [6, 6.07) is 15.8. The molecular formula is C21H18FN5O. The van der Waals surface area contributed by atoms with Crippen molar-refractivity contribution >= 4 is 16.9 Å². The number of halogens is 1. The molecule has 1 fully saturated rings. The number of amides is 1. The lowest BCUT2D eigenvalue weighted by atomic mass is 10.1. The summed E-state index contributed by atoms with van der Waals surface area (Å²) in [6.45, 7) is 0.647. The molecule has 0 radical (unpaired) electrons. The van der Waals surface area contributed by atoms with E-state index < -0.39 is 0 Å². The number of hydrogen-bond donors (Lipinski definition) is 2. The fraction of sp³-hybridized carbons (Fsp3) is 0.190. The molecule has 0 aliphatic carbocycles. The topological polar surface area (TPSA) is 77.7 Å². The molecule has 1 saturated heterocycles. The highest BCUT2D eigenvalue weighted by atomic mass is 19.1. The number of imidazole rings is 1. The molecule has 1 atom stereocenters. The number of carbonyl (C=O) groups excluding carboxylic acids is 1. The van der Waals surface area contributed by atoms with E-state index in [0.29, 0.717) is 29.1 Å². The minimum Gasteiger partial charge on any atom is -0.340 e. The molecule has 1 aliphatic heterocycles. The van der Waals surface area contributed by atoms with E-state index in [1.54, 1.807) is 17.0 Å². The van der Waals surface area contributed by atoms with Gasteiger partial charge in [-0.05, 0) is 37.1 Å². The molecule has 3 heterocycles. The van der Waals surface area contributed by atoms with E-state index in [0.717, 1.165) is 24.1 Å². The monoisotopic (exact) mass is 375 g/mol. The van der Waals surface area contributed by atoms with Gasteiger partial charge in [0.2, 0.25) is 0 Å². The van der Waals surface area contributed by atoms with E-state index in [1.165, 1.54) is 12.1 Å². The maximum Gasteiger partial charge on any atom is 0.272 e. The Balaban J connectivity index is 1.43. The Morgan fingerprint density at radius 2 is 2.00 bits per heavy atom. The summed E-state index contributed by atoms with van der Waals surface area (Å²) < 4.78 is 13.5. The summed E-state index contributed by atoms with van der Waals surface area (Å²) in [7, 11) is 0. The van der Waals surface area contributed by atoms with E-state index >= 15 is 0 Å². The van der Waals surface area contributed by atoms with Gasteiger partial charge >= 0.3 is 0 Å². The Morgan fingerprint density at radius 1 is 1.14 bits per heavy atom. The normalized spacial score (nSPS) is 16.8. The first-order chi connectivity index (χ1) is 13.7. The van der Waals surface area contributed by atoms with Gasteiger partial charge in [0.25, 0.3) is 5.91 Å². The molecule has 1 aliphatic rings. The van der Waals surface area contributed by atoms with Crippen LogP contribution in [0.5, 0.6) is 0 Å². The van der Waals surface area contributed by atoms with Crippen LogP contribution in [0.3, 0.4) is 0 Å². The van der Waals surface area contributed by atoms with E-state index in [-0.39, 0.29) is 17.8 Å².